The Kier molecular flexibility index (Phi) is 5.65. The zero-order chi connectivity index (χ0) is 16.3. The van der Waals surface area contributed by atoms with E-state index in [1.165, 1.54) is 16.6 Å². The highest BCUT2D eigenvalue weighted by atomic mass is 35.5. The number of likely N-dealkylation sites (N-methyl/N-ethyl adjacent to an activating group) is 1. The number of aromatic nitrogens is 1. The van der Waals surface area contributed by atoms with Gasteiger partial charge >= 0.3 is 0 Å². The van der Waals surface area contributed by atoms with Crippen LogP contribution in [0.25, 0.3) is 0 Å². The standard InChI is InChI=1S/C14H23ClN4O2S/c1-4-16-14-13(15)8-12(9-17-14)22(20,21)19-7-5-6-11(10-19)18(2)3/h8-9,11H,4-7,10H2,1-3H3,(H,16,17)/t11-/m0/s1. The van der Waals surface area contributed by atoms with Crippen LogP contribution < -0.4 is 5.32 Å². The van der Waals surface area contributed by atoms with Crippen LogP contribution in [0.15, 0.2) is 17.2 Å². The van der Waals surface area contributed by atoms with Crippen molar-refractivity contribution < 1.29 is 8.42 Å². The Labute approximate surface area is 137 Å². The van der Waals surface area contributed by atoms with E-state index in [9.17, 15) is 8.42 Å². The molecule has 0 radical (unpaired) electrons. The van der Waals surface area contributed by atoms with Gasteiger partial charge in [-0.1, -0.05) is 11.6 Å². The summed E-state index contributed by atoms with van der Waals surface area (Å²) < 4.78 is 27.1. The van der Waals surface area contributed by atoms with Gasteiger partial charge in [-0.2, -0.15) is 4.31 Å². The summed E-state index contributed by atoms with van der Waals surface area (Å²) in [6, 6.07) is 1.72. The van der Waals surface area contributed by atoms with E-state index in [2.05, 4.69) is 15.2 Å². The molecule has 0 aromatic carbocycles. The van der Waals surface area contributed by atoms with Gasteiger partial charge < -0.3 is 10.2 Å². The highest BCUT2D eigenvalue weighted by Gasteiger charge is 2.31. The third-order valence-corrected chi connectivity index (χ3v) is 6.01. The summed E-state index contributed by atoms with van der Waals surface area (Å²) in [4.78, 5) is 6.35. The van der Waals surface area contributed by atoms with Crippen LogP contribution in [0.5, 0.6) is 0 Å². The number of nitrogens with zero attached hydrogens (tertiary/aromatic N) is 3. The first-order chi connectivity index (χ1) is 10.4. The van der Waals surface area contributed by atoms with E-state index in [-0.39, 0.29) is 10.9 Å². The molecule has 1 saturated heterocycles. The van der Waals surface area contributed by atoms with Gasteiger partial charge in [0.2, 0.25) is 10.0 Å². The van der Waals surface area contributed by atoms with Gasteiger partial charge in [0.1, 0.15) is 10.7 Å². The second-order valence-corrected chi connectivity index (χ2v) is 8.00. The predicted octanol–water partition coefficient (Wildman–Crippen LogP) is 1.88. The highest BCUT2D eigenvalue weighted by Crippen LogP contribution is 2.26. The molecule has 1 aromatic heterocycles. The molecule has 1 N–H and O–H groups in total. The molecule has 0 amide bonds. The van der Waals surface area contributed by atoms with Crippen molar-refractivity contribution in [1.29, 1.82) is 0 Å². The molecule has 1 aliphatic heterocycles. The van der Waals surface area contributed by atoms with Crippen LogP contribution in [-0.4, -0.2) is 62.4 Å². The number of rotatable bonds is 5. The quantitative estimate of drug-likeness (QED) is 0.881. The molecule has 22 heavy (non-hydrogen) atoms. The third-order valence-electron chi connectivity index (χ3n) is 3.89. The SMILES string of the molecule is CCNc1ncc(S(=O)(=O)N2CCC[C@H](N(C)C)C2)cc1Cl. The fraction of sp³-hybridized carbons (Fsp3) is 0.643. The van der Waals surface area contributed by atoms with Gasteiger partial charge in [-0.05, 0) is 39.9 Å². The van der Waals surface area contributed by atoms with Crippen molar-refractivity contribution in [3.8, 4) is 0 Å². The Morgan fingerprint density at radius 1 is 1.50 bits per heavy atom. The summed E-state index contributed by atoms with van der Waals surface area (Å²) >= 11 is 6.12. The van der Waals surface area contributed by atoms with Crippen LogP contribution in [0.3, 0.4) is 0 Å². The number of piperidine rings is 1. The maximum atomic E-state index is 12.8. The molecule has 124 valence electrons. The average molecular weight is 347 g/mol. The van der Waals surface area contributed by atoms with Crippen molar-refractivity contribution in [1.82, 2.24) is 14.2 Å². The molecule has 0 bridgehead atoms. The van der Waals surface area contributed by atoms with Crippen LogP contribution in [-0.2, 0) is 10.0 Å². The van der Waals surface area contributed by atoms with Crippen molar-refractivity contribution >= 4 is 27.4 Å². The number of hydrogen-bond acceptors (Lipinski definition) is 5. The first-order valence-corrected chi connectivity index (χ1v) is 9.24. The minimum absolute atomic E-state index is 0.151. The topological polar surface area (TPSA) is 65.5 Å². The van der Waals surface area contributed by atoms with Gasteiger partial charge in [-0.15, -0.1) is 0 Å². The zero-order valence-corrected chi connectivity index (χ0v) is 14.8. The molecule has 1 aliphatic rings. The number of hydrogen-bond donors (Lipinski definition) is 1. The van der Waals surface area contributed by atoms with Crippen molar-refractivity contribution in [2.75, 3.05) is 39.0 Å². The van der Waals surface area contributed by atoms with Crippen molar-refractivity contribution in [2.24, 2.45) is 0 Å². The molecule has 6 nitrogen and oxygen atoms in total. The van der Waals surface area contributed by atoms with Gasteiger partial charge in [0, 0.05) is 31.9 Å². The minimum atomic E-state index is -3.55. The molecule has 1 fully saturated rings. The highest BCUT2D eigenvalue weighted by molar-refractivity contribution is 7.89. The van der Waals surface area contributed by atoms with Crippen LogP contribution in [0.2, 0.25) is 5.02 Å². The van der Waals surface area contributed by atoms with Gasteiger partial charge in [-0.25, -0.2) is 13.4 Å². The Morgan fingerprint density at radius 3 is 2.82 bits per heavy atom. The average Bonchev–Trinajstić information content (AvgIpc) is 2.49. The first-order valence-electron chi connectivity index (χ1n) is 7.42. The van der Waals surface area contributed by atoms with Crippen LogP contribution in [0.4, 0.5) is 5.82 Å². The lowest BCUT2D eigenvalue weighted by Gasteiger charge is -2.35. The molecule has 1 aromatic rings. The molecule has 0 unspecified atom stereocenters. The number of halogens is 1. The molecule has 2 heterocycles. The van der Waals surface area contributed by atoms with Crippen molar-refractivity contribution in [3.05, 3.63) is 17.3 Å². The summed E-state index contributed by atoms with van der Waals surface area (Å²) in [6.07, 6.45) is 3.24. The Balaban J connectivity index is 2.24. The number of sulfonamides is 1. The number of anilines is 1. The molecular weight excluding hydrogens is 324 g/mol. The van der Waals surface area contributed by atoms with Gasteiger partial charge in [0.15, 0.2) is 0 Å². The monoisotopic (exact) mass is 346 g/mol. The number of pyridine rings is 1. The van der Waals surface area contributed by atoms with Gasteiger partial charge in [-0.3, -0.25) is 0 Å². The summed E-state index contributed by atoms with van der Waals surface area (Å²) in [5.74, 6) is 0.507. The zero-order valence-electron chi connectivity index (χ0n) is 13.2. The van der Waals surface area contributed by atoms with E-state index in [1.54, 1.807) is 0 Å². The van der Waals surface area contributed by atoms with Crippen LogP contribution in [0, 0.1) is 0 Å². The normalized spacial score (nSPS) is 20.3. The van der Waals surface area contributed by atoms with Gasteiger partial charge in [0.05, 0.1) is 5.02 Å². The Bertz CT molecular complexity index is 621. The Hall–Kier alpha value is -0.890. The molecule has 2 rings (SSSR count). The van der Waals surface area contributed by atoms with E-state index in [1.807, 2.05) is 21.0 Å². The summed E-state index contributed by atoms with van der Waals surface area (Å²) in [5.41, 5.74) is 0. The fourth-order valence-electron chi connectivity index (χ4n) is 2.57. The largest absolute Gasteiger partial charge is 0.369 e. The first kappa shape index (κ1) is 17.5. The van der Waals surface area contributed by atoms with E-state index in [0.29, 0.717) is 30.5 Å². The van der Waals surface area contributed by atoms with Gasteiger partial charge in [0.25, 0.3) is 0 Å². The minimum Gasteiger partial charge on any atom is -0.369 e. The third kappa shape index (κ3) is 3.71. The lowest BCUT2D eigenvalue weighted by Crippen LogP contribution is -2.47. The van der Waals surface area contributed by atoms with E-state index >= 15 is 0 Å². The summed E-state index contributed by atoms with van der Waals surface area (Å²) in [7, 11) is 0.402. The van der Waals surface area contributed by atoms with E-state index < -0.39 is 10.0 Å². The Morgan fingerprint density at radius 2 is 2.23 bits per heavy atom. The maximum Gasteiger partial charge on any atom is 0.244 e. The number of nitrogens with one attached hydrogen (secondary N) is 1. The van der Waals surface area contributed by atoms with Crippen molar-refractivity contribution in [3.63, 3.8) is 0 Å². The van der Waals surface area contributed by atoms with E-state index in [4.69, 9.17) is 11.6 Å². The maximum absolute atomic E-state index is 12.8. The molecular formula is C14H23ClN4O2S. The van der Waals surface area contributed by atoms with E-state index in [0.717, 1.165) is 12.8 Å². The smallest absolute Gasteiger partial charge is 0.244 e. The second-order valence-electron chi connectivity index (χ2n) is 5.65. The lowest BCUT2D eigenvalue weighted by molar-refractivity contribution is 0.190. The summed E-state index contributed by atoms with van der Waals surface area (Å²) in [6.45, 7) is 3.65. The lowest BCUT2D eigenvalue weighted by atomic mass is 10.1. The fourth-order valence-corrected chi connectivity index (χ4v) is 4.36. The molecule has 1 atom stereocenters. The second kappa shape index (κ2) is 7.12. The summed E-state index contributed by atoms with van der Waals surface area (Å²) in [5, 5.41) is 3.32. The molecule has 0 aliphatic carbocycles. The molecule has 0 saturated carbocycles. The predicted molar refractivity (Wildman–Crippen MR) is 88.9 cm³/mol. The molecule has 0 spiro atoms. The molecule has 8 heteroatoms. The van der Waals surface area contributed by atoms with Crippen LogP contribution >= 0.6 is 11.6 Å². The van der Waals surface area contributed by atoms with Crippen LogP contribution in [0.1, 0.15) is 19.8 Å². The van der Waals surface area contributed by atoms with Crippen molar-refractivity contribution in [2.45, 2.75) is 30.7 Å².